The molecule has 1 unspecified atom stereocenters. The highest BCUT2D eigenvalue weighted by atomic mass is 16.4. The zero-order chi connectivity index (χ0) is 14.0. The first kappa shape index (κ1) is 13.6. The van der Waals surface area contributed by atoms with Crippen LogP contribution < -0.4 is 10.6 Å². The molecule has 0 bridgehead atoms. The highest BCUT2D eigenvalue weighted by Gasteiger charge is 2.25. The van der Waals surface area contributed by atoms with Gasteiger partial charge in [-0.3, -0.25) is 4.90 Å². The molecule has 6 nitrogen and oxygen atoms in total. The smallest absolute Gasteiger partial charge is 0.338 e. The van der Waals surface area contributed by atoms with Crippen LogP contribution >= 0.6 is 0 Å². The lowest BCUT2D eigenvalue weighted by Gasteiger charge is -2.40. The SMILES string of the molecule is CCN1CCN(c2cnc(N)cc2C(=O)O)CC1C. The highest BCUT2D eigenvalue weighted by molar-refractivity contribution is 5.95. The lowest BCUT2D eigenvalue weighted by Crippen LogP contribution is -2.52. The van der Waals surface area contributed by atoms with Gasteiger partial charge in [-0.05, 0) is 19.5 Å². The maximum atomic E-state index is 11.3. The van der Waals surface area contributed by atoms with Gasteiger partial charge in [0.2, 0.25) is 0 Å². The number of hydrogen-bond donors (Lipinski definition) is 2. The molecule has 0 aliphatic carbocycles. The quantitative estimate of drug-likeness (QED) is 0.843. The summed E-state index contributed by atoms with van der Waals surface area (Å²) >= 11 is 0. The van der Waals surface area contributed by atoms with Gasteiger partial charge in [0.25, 0.3) is 0 Å². The summed E-state index contributed by atoms with van der Waals surface area (Å²) < 4.78 is 0. The molecular weight excluding hydrogens is 244 g/mol. The van der Waals surface area contributed by atoms with Gasteiger partial charge in [-0.15, -0.1) is 0 Å². The number of anilines is 2. The van der Waals surface area contributed by atoms with Crippen LogP contribution in [0, 0.1) is 0 Å². The van der Waals surface area contributed by atoms with Gasteiger partial charge in [0, 0.05) is 25.7 Å². The molecule has 3 N–H and O–H groups in total. The number of nitrogens with zero attached hydrogens (tertiary/aromatic N) is 3. The largest absolute Gasteiger partial charge is 0.478 e. The van der Waals surface area contributed by atoms with E-state index in [0.29, 0.717) is 11.7 Å². The average molecular weight is 264 g/mol. The minimum Gasteiger partial charge on any atom is -0.478 e. The molecule has 2 heterocycles. The van der Waals surface area contributed by atoms with Crippen LogP contribution in [0.15, 0.2) is 12.3 Å². The van der Waals surface area contributed by atoms with Gasteiger partial charge in [-0.2, -0.15) is 0 Å². The number of likely N-dealkylation sites (N-methyl/N-ethyl adjacent to an activating group) is 1. The summed E-state index contributed by atoms with van der Waals surface area (Å²) in [6, 6.07) is 1.83. The van der Waals surface area contributed by atoms with Crippen molar-refractivity contribution >= 4 is 17.5 Å². The lowest BCUT2D eigenvalue weighted by molar-refractivity contribution is 0.0697. The van der Waals surface area contributed by atoms with E-state index in [-0.39, 0.29) is 11.4 Å². The minimum atomic E-state index is -0.963. The number of aromatic nitrogens is 1. The van der Waals surface area contributed by atoms with Crippen LogP contribution in [0.4, 0.5) is 11.5 Å². The van der Waals surface area contributed by atoms with E-state index in [1.165, 1.54) is 6.07 Å². The van der Waals surface area contributed by atoms with E-state index >= 15 is 0 Å². The van der Waals surface area contributed by atoms with E-state index in [0.717, 1.165) is 26.2 Å². The van der Waals surface area contributed by atoms with Crippen LogP contribution in [0.3, 0.4) is 0 Å². The summed E-state index contributed by atoms with van der Waals surface area (Å²) in [7, 11) is 0. The third-order valence-electron chi connectivity index (χ3n) is 3.65. The number of pyridine rings is 1. The second-order valence-corrected chi connectivity index (χ2v) is 4.86. The highest BCUT2D eigenvalue weighted by Crippen LogP contribution is 2.24. The normalized spacial score (nSPS) is 20.5. The molecule has 19 heavy (non-hydrogen) atoms. The molecule has 1 aliphatic rings. The van der Waals surface area contributed by atoms with Crippen molar-refractivity contribution in [2.24, 2.45) is 0 Å². The summed E-state index contributed by atoms with van der Waals surface area (Å²) in [4.78, 5) is 19.8. The Labute approximate surface area is 112 Å². The summed E-state index contributed by atoms with van der Waals surface area (Å²) in [5.74, 6) is -0.726. The third-order valence-corrected chi connectivity index (χ3v) is 3.65. The van der Waals surface area contributed by atoms with Crippen molar-refractivity contribution in [3.05, 3.63) is 17.8 Å². The van der Waals surface area contributed by atoms with Crippen molar-refractivity contribution in [1.82, 2.24) is 9.88 Å². The molecule has 0 aromatic carbocycles. The Bertz CT molecular complexity index is 478. The van der Waals surface area contributed by atoms with Crippen molar-refractivity contribution in [3.63, 3.8) is 0 Å². The van der Waals surface area contributed by atoms with Crippen molar-refractivity contribution in [1.29, 1.82) is 0 Å². The lowest BCUT2D eigenvalue weighted by atomic mass is 10.1. The molecule has 6 heteroatoms. The summed E-state index contributed by atoms with van der Waals surface area (Å²) in [6.07, 6.45) is 1.56. The van der Waals surface area contributed by atoms with Gasteiger partial charge in [0.1, 0.15) is 5.82 Å². The Morgan fingerprint density at radius 3 is 2.89 bits per heavy atom. The van der Waals surface area contributed by atoms with Crippen molar-refractivity contribution in [3.8, 4) is 0 Å². The number of rotatable bonds is 3. The molecule has 2 rings (SSSR count). The Morgan fingerprint density at radius 2 is 2.32 bits per heavy atom. The van der Waals surface area contributed by atoms with E-state index in [9.17, 15) is 9.90 Å². The number of nitrogen functional groups attached to an aromatic ring is 1. The number of aromatic carboxylic acids is 1. The van der Waals surface area contributed by atoms with E-state index < -0.39 is 5.97 Å². The first-order chi connectivity index (χ1) is 9.02. The Kier molecular flexibility index (Phi) is 3.90. The van der Waals surface area contributed by atoms with Gasteiger partial charge in [0.05, 0.1) is 17.4 Å². The Morgan fingerprint density at radius 1 is 1.58 bits per heavy atom. The van der Waals surface area contributed by atoms with Crippen molar-refractivity contribution < 1.29 is 9.90 Å². The predicted molar refractivity (Wildman–Crippen MR) is 74.5 cm³/mol. The van der Waals surface area contributed by atoms with E-state index in [1.807, 2.05) is 0 Å². The first-order valence-corrected chi connectivity index (χ1v) is 6.50. The number of carbonyl (C=O) groups is 1. The van der Waals surface area contributed by atoms with E-state index in [2.05, 4.69) is 28.6 Å². The van der Waals surface area contributed by atoms with Gasteiger partial charge < -0.3 is 15.7 Å². The summed E-state index contributed by atoms with van der Waals surface area (Å²) in [5.41, 5.74) is 6.45. The summed E-state index contributed by atoms with van der Waals surface area (Å²) in [6.45, 7) is 7.85. The zero-order valence-corrected chi connectivity index (χ0v) is 11.3. The fourth-order valence-electron chi connectivity index (χ4n) is 2.57. The van der Waals surface area contributed by atoms with Crippen LogP contribution in [0.1, 0.15) is 24.2 Å². The molecule has 0 amide bonds. The fraction of sp³-hybridized carbons (Fsp3) is 0.538. The second-order valence-electron chi connectivity index (χ2n) is 4.86. The monoisotopic (exact) mass is 264 g/mol. The van der Waals surface area contributed by atoms with Crippen LogP contribution in [-0.4, -0.2) is 53.2 Å². The topological polar surface area (TPSA) is 82.7 Å². The zero-order valence-electron chi connectivity index (χ0n) is 11.3. The van der Waals surface area contributed by atoms with Crippen molar-refractivity contribution in [2.45, 2.75) is 19.9 Å². The Hall–Kier alpha value is -1.82. The van der Waals surface area contributed by atoms with Crippen LogP contribution in [0.25, 0.3) is 0 Å². The van der Waals surface area contributed by atoms with Crippen molar-refractivity contribution in [2.75, 3.05) is 36.8 Å². The van der Waals surface area contributed by atoms with E-state index in [4.69, 9.17) is 5.73 Å². The average Bonchev–Trinajstić information content (AvgIpc) is 2.38. The molecule has 1 aromatic rings. The maximum Gasteiger partial charge on any atom is 0.338 e. The van der Waals surface area contributed by atoms with Gasteiger partial charge in [-0.1, -0.05) is 6.92 Å². The number of hydrogen-bond acceptors (Lipinski definition) is 5. The third kappa shape index (κ3) is 2.78. The number of carboxylic acids is 1. The first-order valence-electron chi connectivity index (χ1n) is 6.50. The molecular formula is C13H20N4O2. The van der Waals surface area contributed by atoms with Crippen LogP contribution in [-0.2, 0) is 0 Å². The van der Waals surface area contributed by atoms with Gasteiger partial charge in [0.15, 0.2) is 0 Å². The number of carboxylic acid groups (broad SMARTS) is 1. The van der Waals surface area contributed by atoms with Crippen LogP contribution in [0.5, 0.6) is 0 Å². The predicted octanol–water partition coefficient (Wildman–Crippen LogP) is 0.892. The Balaban J connectivity index is 2.25. The fourth-order valence-corrected chi connectivity index (χ4v) is 2.57. The number of nitrogens with two attached hydrogens (primary N) is 1. The molecule has 104 valence electrons. The van der Waals surface area contributed by atoms with Gasteiger partial charge in [-0.25, -0.2) is 9.78 Å². The second kappa shape index (κ2) is 5.44. The molecule has 1 aromatic heterocycles. The molecule has 1 fully saturated rings. The molecule has 1 atom stereocenters. The number of piperazine rings is 1. The summed E-state index contributed by atoms with van der Waals surface area (Å²) in [5, 5.41) is 9.26. The molecule has 0 spiro atoms. The molecule has 0 saturated carbocycles. The van der Waals surface area contributed by atoms with Crippen LogP contribution in [0.2, 0.25) is 0 Å². The standard InChI is InChI=1S/C13H20N4O2/c1-3-16-4-5-17(8-9(16)2)11-7-15-12(14)6-10(11)13(18)19/h6-7,9H,3-5,8H2,1-2H3,(H2,14,15)(H,18,19). The van der Waals surface area contributed by atoms with Gasteiger partial charge >= 0.3 is 5.97 Å². The molecule has 1 saturated heterocycles. The molecule has 0 radical (unpaired) electrons. The van der Waals surface area contributed by atoms with E-state index in [1.54, 1.807) is 6.20 Å². The molecule has 1 aliphatic heterocycles. The minimum absolute atomic E-state index is 0.227. The maximum absolute atomic E-state index is 11.3.